The van der Waals surface area contributed by atoms with Gasteiger partial charge >= 0.3 is 16.5 Å². The minimum atomic E-state index is -3.09. The molecule has 0 bridgehead atoms. The second-order valence-electron chi connectivity index (χ2n) is 11.1. The summed E-state index contributed by atoms with van der Waals surface area (Å²) in [6.45, 7) is 3.19. The van der Waals surface area contributed by atoms with Gasteiger partial charge in [0, 0.05) is 39.1 Å². The van der Waals surface area contributed by atoms with E-state index < -0.39 is 16.5 Å². The van der Waals surface area contributed by atoms with E-state index in [1.807, 2.05) is 120 Å². The number of hydrogen-bond acceptors (Lipinski definition) is 2. The Hall–Kier alpha value is -5.41. The Balaban J connectivity index is 1.75. The summed E-state index contributed by atoms with van der Waals surface area (Å²) in [6, 6.07) is 48.3. The molecule has 0 atom stereocenters. The van der Waals surface area contributed by atoms with E-state index in [1.54, 1.807) is 13.8 Å². The predicted octanol–water partition coefficient (Wildman–Crippen LogP) is 3.94. The minimum Gasteiger partial charge on any atom is -0.354 e. The number of nitrogens with zero attached hydrogens (tertiary/aromatic N) is 2. The highest BCUT2D eigenvalue weighted by Gasteiger charge is 2.44. The number of amides is 2. The van der Waals surface area contributed by atoms with Gasteiger partial charge in [0.25, 0.3) is 0 Å². The standard InChI is InChI=1S/C40H36N2O2Si2/c1-33(43)41(3)45(37-21-9-5-10-22-37,38-23-11-6-12-24-38)31-29-35-19-17-18-20-36(35)30-32-46(42(4)34(2)44,39-25-13-7-14-26-39)40-27-15-8-16-28-40/h5-28H,1-4H3. The number of carbonyl (C=O) groups is 2. The van der Waals surface area contributed by atoms with Gasteiger partial charge in [-0.1, -0.05) is 156 Å². The molecule has 0 N–H and O–H groups in total. The van der Waals surface area contributed by atoms with E-state index in [0.717, 1.165) is 31.9 Å². The van der Waals surface area contributed by atoms with Crippen molar-refractivity contribution in [2.45, 2.75) is 13.8 Å². The summed E-state index contributed by atoms with van der Waals surface area (Å²) in [5.41, 5.74) is 8.89. The lowest BCUT2D eigenvalue weighted by molar-refractivity contribution is -0.124. The molecule has 5 rings (SSSR count). The van der Waals surface area contributed by atoms with Crippen LogP contribution in [0.25, 0.3) is 0 Å². The molecule has 0 aromatic heterocycles. The molecule has 226 valence electrons. The molecule has 0 saturated carbocycles. The Kier molecular flexibility index (Phi) is 9.83. The van der Waals surface area contributed by atoms with E-state index >= 15 is 0 Å². The van der Waals surface area contributed by atoms with E-state index in [1.165, 1.54) is 0 Å². The number of hydrogen-bond donors (Lipinski definition) is 0. The Morgan fingerprint density at radius 1 is 0.435 bits per heavy atom. The zero-order chi connectivity index (χ0) is 32.6. The topological polar surface area (TPSA) is 40.6 Å². The lowest BCUT2D eigenvalue weighted by Crippen LogP contribution is -2.69. The van der Waals surface area contributed by atoms with Crippen LogP contribution in [-0.2, 0) is 9.59 Å². The first-order chi connectivity index (χ1) is 22.3. The van der Waals surface area contributed by atoms with Crippen LogP contribution in [0.2, 0.25) is 0 Å². The summed E-state index contributed by atoms with van der Waals surface area (Å²) >= 11 is 0. The fourth-order valence-corrected chi connectivity index (χ4v) is 13.2. The van der Waals surface area contributed by atoms with Crippen molar-refractivity contribution in [3.63, 3.8) is 0 Å². The normalized spacial score (nSPS) is 10.9. The summed E-state index contributed by atoms with van der Waals surface area (Å²) in [4.78, 5) is 26.1. The minimum absolute atomic E-state index is 0.0458. The highest BCUT2D eigenvalue weighted by Crippen LogP contribution is 2.15. The van der Waals surface area contributed by atoms with E-state index in [-0.39, 0.29) is 11.8 Å². The third kappa shape index (κ3) is 6.23. The van der Waals surface area contributed by atoms with Gasteiger partial charge in [-0.05, 0) is 32.9 Å². The second kappa shape index (κ2) is 14.1. The summed E-state index contributed by atoms with van der Waals surface area (Å²) in [7, 11) is -2.47. The van der Waals surface area contributed by atoms with Crippen LogP contribution in [-0.4, -0.2) is 51.5 Å². The fraction of sp³-hybridized carbons (Fsp3) is 0.100. The molecule has 0 heterocycles. The molecule has 0 aliphatic heterocycles. The van der Waals surface area contributed by atoms with Gasteiger partial charge in [-0.25, -0.2) is 0 Å². The van der Waals surface area contributed by atoms with Gasteiger partial charge in [0.2, 0.25) is 11.8 Å². The van der Waals surface area contributed by atoms with Crippen LogP contribution in [0.1, 0.15) is 25.0 Å². The SMILES string of the molecule is CC(=O)N(C)[Si](C#Cc1ccccc1C#C[Si](c1ccccc1)(c1ccccc1)N(C)C(C)=O)(c1ccccc1)c1ccccc1. The molecule has 0 saturated heterocycles. The van der Waals surface area contributed by atoms with Crippen molar-refractivity contribution < 1.29 is 9.59 Å². The van der Waals surface area contributed by atoms with Crippen molar-refractivity contribution in [2.75, 3.05) is 14.1 Å². The second-order valence-corrected chi connectivity index (χ2v) is 18.1. The fourth-order valence-electron chi connectivity index (χ4n) is 5.77. The van der Waals surface area contributed by atoms with Crippen LogP contribution in [0, 0.1) is 22.9 Å². The highest BCUT2D eigenvalue weighted by molar-refractivity contribution is 7.07. The van der Waals surface area contributed by atoms with Gasteiger partial charge in [0.15, 0.2) is 0 Å². The van der Waals surface area contributed by atoms with Gasteiger partial charge in [0.05, 0.1) is 0 Å². The molecule has 6 heteroatoms. The van der Waals surface area contributed by atoms with Crippen LogP contribution in [0.5, 0.6) is 0 Å². The molecule has 0 spiro atoms. The maximum atomic E-state index is 13.1. The molecule has 0 radical (unpaired) electrons. The number of rotatable bonds is 6. The van der Waals surface area contributed by atoms with Crippen molar-refractivity contribution in [1.82, 2.24) is 9.13 Å². The predicted molar refractivity (Wildman–Crippen MR) is 193 cm³/mol. The van der Waals surface area contributed by atoms with Crippen LogP contribution >= 0.6 is 0 Å². The first-order valence-corrected chi connectivity index (χ1v) is 19.1. The molecule has 5 aromatic carbocycles. The maximum Gasteiger partial charge on any atom is 0.304 e. The van der Waals surface area contributed by atoms with Gasteiger partial charge in [-0.3, -0.25) is 9.59 Å². The molecular formula is C40H36N2O2Si2. The molecule has 0 aliphatic carbocycles. The summed E-state index contributed by atoms with van der Waals surface area (Å²) < 4.78 is 3.67. The van der Waals surface area contributed by atoms with E-state index in [4.69, 9.17) is 0 Å². The van der Waals surface area contributed by atoms with Gasteiger partial charge in [0.1, 0.15) is 0 Å². The molecule has 5 aromatic rings. The van der Waals surface area contributed by atoms with Crippen LogP contribution < -0.4 is 20.7 Å². The van der Waals surface area contributed by atoms with E-state index in [2.05, 4.69) is 71.5 Å². The van der Waals surface area contributed by atoms with Crippen molar-refractivity contribution in [3.05, 3.63) is 157 Å². The Bertz CT molecular complexity index is 1720. The summed E-state index contributed by atoms with van der Waals surface area (Å²) in [6.07, 6.45) is 0. The number of carbonyl (C=O) groups excluding carboxylic acids is 2. The van der Waals surface area contributed by atoms with Crippen LogP contribution in [0.4, 0.5) is 0 Å². The molecule has 46 heavy (non-hydrogen) atoms. The van der Waals surface area contributed by atoms with Crippen LogP contribution in [0.15, 0.2) is 146 Å². The average Bonchev–Trinajstić information content (AvgIpc) is 3.11. The first-order valence-electron chi connectivity index (χ1n) is 15.2. The van der Waals surface area contributed by atoms with Crippen LogP contribution in [0.3, 0.4) is 0 Å². The maximum absolute atomic E-state index is 13.1. The van der Waals surface area contributed by atoms with Gasteiger partial charge in [-0.15, -0.1) is 0 Å². The molecular weight excluding hydrogens is 597 g/mol. The largest absolute Gasteiger partial charge is 0.354 e. The Labute approximate surface area is 274 Å². The lowest BCUT2D eigenvalue weighted by atomic mass is 10.1. The molecule has 0 fully saturated rings. The molecule has 0 aliphatic rings. The summed E-state index contributed by atoms with van der Waals surface area (Å²) in [5, 5.41) is 4.10. The van der Waals surface area contributed by atoms with Crippen molar-refractivity contribution in [2.24, 2.45) is 0 Å². The van der Waals surface area contributed by atoms with E-state index in [0.29, 0.717) is 0 Å². The zero-order valence-corrected chi connectivity index (χ0v) is 28.6. The van der Waals surface area contributed by atoms with Gasteiger partial charge in [-0.2, -0.15) is 0 Å². The zero-order valence-electron chi connectivity index (χ0n) is 26.6. The third-order valence-electron chi connectivity index (χ3n) is 8.40. The quantitative estimate of drug-likeness (QED) is 0.210. The lowest BCUT2D eigenvalue weighted by Gasteiger charge is -2.36. The van der Waals surface area contributed by atoms with Crippen molar-refractivity contribution in [1.29, 1.82) is 0 Å². The number of benzene rings is 5. The summed E-state index contributed by atoms with van der Waals surface area (Å²) in [5.74, 6) is 6.92. The molecule has 2 amide bonds. The van der Waals surface area contributed by atoms with Crippen molar-refractivity contribution >= 4 is 49.0 Å². The average molecular weight is 633 g/mol. The third-order valence-corrected chi connectivity index (χ3v) is 16.7. The smallest absolute Gasteiger partial charge is 0.304 e. The van der Waals surface area contributed by atoms with Crippen molar-refractivity contribution in [3.8, 4) is 22.9 Å². The van der Waals surface area contributed by atoms with Gasteiger partial charge < -0.3 is 9.13 Å². The highest BCUT2D eigenvalue weighted by atomic mass is 28.3. The molecule has 4 nitrogen and oxygen atoms in total. The van der Waals surface area contributed by atoms with E-state index in [9.17, 15) is 9.59 Å². The Morgan fingerprint density at radius 2 is 0.674 bits per heavy atom. The Morgan fingerprint density at radius 3 is 0.913 bits per heavy atom. The molecule has 0 unspecified atom stereocenters. The monoisotopic (exact) mass is 632 g/mol. The first kappa shape index (κ1) is 32.0.